The van der Waals surface area contributed by atoms with Gasteiger partial charge in [0.25, 0.3) is 5.91 Å². The minimum Gasteiger partial charge on any atom is -0.361 e. The first-order valence-electron chi connectivity index (χ1n) is 6.26. The van der Waals surface area contributed by atoms with Crippen LogP contribution in [0.3, 0.4) is 0 Å². The van der Waals surface area contributed by atoms with Crippen molar-refractivity contribution in [2.24, 2.45) is 0 Å². The van der Waals surface area contributed by atoms with Gasteiger partial charge in [0, 0.05) is 16.6 Å². The molecule has 1 amide bonds. The number of rotatable bonds is 2. The molecule has 0 atom stereocenters. The van der Waals surface area contributed by atoms with Crippen LogP contribution in [0, 0.1) is 11.3 Å². The molecule has 0 aliphatic rings. The average molecular weight is 296 g/mol. The summed E-state index contributed by atoms with van der Waals surface area (Å²) in [5, 5.41) is 13.2. The molecule has 0 spiro atoms. The summed E-state index contributed by atoms with van der Waals surface area (Å²) in [6.07, 6.45) is 1.78. The van der Waals surface area contributed by atoms with Crippen molar-refractivity contribution in [2.45, 2.75) is 0 Å². The summed E-state index contributed by atoms with van der Waals surface area (Å²) < 4.78 is 0. The zero-order valence-electron chi connectivity index (χ0n) is 10.9. The van der Waals surface area contributed by atoms with E-state index in [-0.39, 0.29) is 5.91 Å². The van der Waals surface area contributed by atoms with Crippen molar-refractivity contribution in [2.75, 3.05) is 5.32 Å². The first kappa shape index (κ1) is 13.2. The number of nitrogens with zero attached hydrogens (tertiary/aromatic N) is 1. The topological polar surface area (TPSA) is 68.7 Å². The minimum absolute atomic E-state index is 0.290. The third kappa shape index (κ3) is 2.47. The third-order valence-corrected chi connectivity index (χ3v) is 3.42. The quantitative estimate of drug-likeness (QED) is 0.751. The summed E-state index contributed by atoms with van der Waals surface area (Å²) >= 11 is 5.91. The van der Waals surface area contributed by atoms with E-state index in [1.54, 1.807) is 30.5 Å². The van der Waals surface area contributed by atoms with E-state index in [4.69, 9.17) is 16.9 Å². The minimum atomic E-state index is -0.290. The fraction of sp³-hybridized carbons (Fsp3) is 0. The Morgan fingerprint density at radius 3 is 2.90 bits per heavy atom. The van der Waals surface area contributed by atoms with Crippen LogP contribution in [0.4, 0.5) is 5.69 Å². The van der Waals surface area contributed by atoms with Gasteiger partial charge in [0.2, 0.25) is 0 Å². The highest BCUT2D eigenvalue weighted by molar-refractivity contribution is 6.31. The predicted molar refractivity (Wildman–Crippen MR) is 82.4 cm³/mol. The summed E-state index contributed by atoms with van der Waals surface area (Å²) in [5.74, 6) is -0.290. The first-order chi connectivity index (χ1) is 10.2. The highest BCUT2D eigenvalue weighted by Crippen LogP contribution is 2.23. The highest BCUT2D eigenvalue weighted by atomic mass is 35.5. The number of aromatic nitrogens is 1. The van der Waals surface area contributed by atoms with Gasteiger partial charge in [-0.1, -0.05) is 23.7 Å². The number of carbonyl (C=O) groups excluding carboxylic acids is 1. The van der Waals surface area contributed by atoms with Gasteiger partial charge in [-0.05, 0) is 30.3 Å². The van der Waals surface area contributed by atoms with Crippen molar-refractivity contribution in [3.63, 3.8) is 0 Å². The molecule has 3 aromatic rings. The molecule has 0 radical (unpaired) electrons. The summed E-state index contributed by atoms with van der Waals surface area (Å²) in [7, 11) is 0. The Morgan fingerprint density at radius 2 is 2.10 bits per heavy atom. The molecular formula is C16H10ClN3O. The number of nitriles is 1. The normalized spacial score (nSPS) is 10.3. The summed E-state index contributed by atoms with van der Waals surface area (Å²) in [6.45, 7) is 0. The van der Waals surface area contributed by atoms with E-state index >= 15 is 0 Å². The molecule has 2 aromatic carbocycles. The summed E-state index contributed by atoms with van der Waals surface area (Å²) in [6, 6.07) is 14.1. The van der Waals surface area contributed by atoms with Crippen LogP contribution in [0.1, 0.15) is 15.9 Å². The van der Waals surface area contributed by atoms with Gasteiger partial charge in [-0.15, -0.1) is 0 Å². The van der Waals surface area contributed by atoms with E-state index in [1.165, 1.54) is 0 Å². The molecule has 2 N–H and O–H groups in total. The number of aromatic amines is 1. The second kappa shape index (κ2) is 5.31. The summed E-state index contributed by atoms with van der Waals surface area (Å²) in [5.41, 5.74) is 2.04. The maximum absolute atomic E-state index is 12.4. The predicted octanol–water partition coefficient (Wildman–Crippen LogP) is 3.95. The van der Waals surface area contributed by atoms with Crippen molar-refractivity contribution >= 4 is 34.1 Å². The van der Waals surface area contributed by atoms with E-state index in [2.05, 4.69) is 10.3 Å². The molecule has 4 nitrogen and oxygen atoms in total. The Kier molecular flexibility index (Phi) is 3.35. The van der Waals surface area contributed by atoms with Gasteiger partial charge in [0.15, 0.2) is 0 Å². The standard InChI is InChI=1S/C16H10ClN3O/c17-12-5-4-11(9-18)14(8-12)20-16(21)13-3-1-2-10-6-7-19-15(10)13/h1-8,19H,(H,20,21). The smallest absolute Gasteiger partial charge is 0.257 e. The van der Waals surface area contributed by atoms with Crippen molar-refractivity contribution in [1.29, 1.82) is 5.26 Å². The molecule has 102 valence electrons. The number of fused-ring (bicyclic) bond motifs is 1. The van der Waals surface area contributed by atoms with Gasteiger partial charge in [0.05, 0.1) is 22.3 Å². The lowest BCUT2D eigenvalue weighted by atomic mass is 10.1. The maximum Gasteiger partial charge on any atom is 0.257 e. The number of amides is 1. The van der Waals surface area contributed by atoms with Crippen LogP contribution in [0.25, 0.3) is 10.9 Å². The Morgan fingerprint density at radius 1 is 1.24 bits per heavy atom. The van der Waals surface area contributed by atoms with Crippen LogP contribution in [0.15, 0.2) is 48.7 Å². The van der Waals surface area contributed by atoms with E-state index < -0.39 is 0 Å². The van der Waals surface area contributed by atoms with Crippen molar-refractivity contribution in [1.82, 2.24) is 4.98 Å². The van der Waals surface area contributed by atoms with Crippen molar-refractivity contribution in [3.05, 3.63) is 64.8 Å². The molecule has 0 saturated heterocycles. The fourth-order valence-corrected chi connectivity index (χ4v) is 2.35. The van der Waals surface area contributed by atoms with Crippen molar-refractivity contribution in [3.8, 4) is 6.07 Å². The Balaban J connectivity index is 1.99. The van der Waals surface area contributed by atoms with Gasteiger partial charge < -0.3 is 10.3 Å². The number of para-hydroxylation sites is 1. The van der Waals surface area contributed by atoms with Crippen LogP contribution in [-0.2, 0) is 0 Å². The molecule has 0 unspecified atom stereocenters. The molecule has 0 aliphatic heterocycles. The zero-order valence-corrected chi connectivity index (χ0v) is 11.6. The van der Waals surface area contributed by atoms with Gasteiger partial charge in [0.1, 0.15) is 6.07 Å². The van der Waals surface area contributed by atoms with E-state index in [1.807, 2.05) is 24.3 Å². The molecule has 0 bridgehead atoms. The fourth-order valence-electron chi connectivity index (χ4n) is 2.18. The second-order valence-corrected chi connectivity index (χ2v) is 4.94. The molecule has 5 heteroatoms. The Hall–Kier alpha value is -2.77. The maximum atomic E-state index is 12.4. The molecule has 0 fully saturated rings. The number of anilines is 1. The lowest BCUT2D eigenvalue weighted by Crippen LogP contribution is -2.13. The zero-order chi connectivity index (χ0) is 14.8. The van der Waals surface area contributed by atoms with Crippen LogP contribution < -0.4 is 5.32 Å². The Bertz CT molecular complexity index is 877. The highest BCUT2D eigenvalue weighted by Gasteiger charge is 2.13. The number of benzene rings is 2. The number of nitrogens with one attached hydrogen (secondary N) is 2. The number of hydrogen-bond donors (Lipinski definition) is 2. The molecule has 1 heterocycles. The largest absolute Gasteiger partial charge is 0.361 e. The SMILES string of the molecule is N#Cc1ccc(Cl)cc1NC(=O)c1cccc2cc[nH]c12. The first-order valence-corrected chi connectivity index (χ1v) is 6.64. The molecule has 0 aliphatic carbocycles. The van der Waals surface area contributed by atoms with Gasteiger partial charge >= 0.3 is 0 Å². The molecule has 0 saturated carbocycles. The van der Waals surface area contributed by atoms with E-state index in [0.29, 0.717) is 21.8 Å². The second-order valence-electron chi connectivity index (χ2n) is 4.50. The van der Waals surface area contributed by atoms with Gasteiger partial charge in [-0.2, -0.15) is 5.26 Å². The van der Waals surface area contributed by atoms with Crippen LogP contribution in [-0.4, -0.2) is 10.9 Å². The number of halogens is 1. The molecule has 3 rings (SSSR count). The number of hydrogen-bond acceptors (Lipinski definition) is 2. The lowest BCUT2D eigenvalue weighted by Gasteiger charge is -2.08. The van der Waals surface area contributed by atoms with Crippen LogP contribution in [0.5, 0.6) is 0 Å². The van der Waals surface area contributed by atoms with Crippen molar-refractivity contribution < 1.29 is 4.79 Å². The molecular weight excluding hydrogens is 286 g/mol. The van der Waals surface area contributed by atoms with Gasteiger partial charge in [-0.3, -0.25) is 4.79 Å². The van der Waals surface area contributed by atoms with Gasteiger partial charge in [-0.25, -0.2) is 0 Å². The monoisotopic (exact) mass is 295 g/mol. The van der Waals surface area contributed by atoms with Crippen LogP contribution >= 0.6 is 11.6 Å². The van der Waals surface area contributed by atoms with E-state index in [0.717, 1.165) is 10.9 Å². The van der Waals surface area contributed by atoms with E-state index in [9.17, 15) is 4.79 Å². The van der Waals surface area contributed by atoms with Crippen LogP contribution in [0.2, 0.25) is 5.02 Å². The third-order valence-electron chi connectivity index (χ3n) is 3.18. The number of H-pyrrole nitrogens is 1. The Labute approximate surface area is 126 Å². The summed E-state index contributed by atoms with van der Waals surface area (Å²) in [4.78, 5) is 15.5. The number of carbonyl (C=O) groups is 1. The molecule has 21 heavy (non-hydrogen) atoms. The average Bonchev–Trinajstić information content (AvgIpc) is 2.95. The molecule has 1 aromatic heterocycles. The lowest BCUT2D eigenvalue weighted by molar-refractivity contribution is 0.102.